The minimum absolute atomic E-state index is 0.0245. The van der Waals surface area contributed by atoms with Crippen molar-refractivity contribution in [1.29, 1.82) is 5.26 Å². The fraction of sp³-hybridized carbons (Fsp3) is 0.333. The number of nitrogens with one attached hydrogen (secondary N) is 1. The second kappa shape index (κ2) is 6.95. The Kier molecular flexibility index (Phi) is 4.75. The Labute approximate surface area is 140 Å². The van der Waals surface area contributed by atoms with Gasteiger partial charge in [0.15, 0.2) is 0 Å². The summed E-state index contributed by atoms with van der Waals surface area (Å²) in [5.74, 6) is -0.0245. The van der Waals surface area contributed by atoms with Crippen molar-refractivity contribution in [2.75, 3.05) is 11.9 Å². The van der Waals surface area contributed by atoms with Crippen LogP contribution in [0.4, 0.5) is 5.69 Å². The molecule has 1 amide bonds. The van der Waals surface area contributed by atoms with E-state index in [0.717, 1.165) is 19.4 Å². The first-order valence-corrected chi connectivity index (χ1v) is 8.67. The second-order valence-corrected chi connectivity index (χ2v) is 6.75. The lowest BCUT2D eigenvalue weighted by atomic mass is 10.1. The number of benzene rings is 1. The predicted molar refractivity (Wildman–Crippen MR) is 92.2 cm³/mol. The van der Waals surface area contributed by atoms with Crippen LogP contribution in [0, 0.1) is 11.3 Å². The van der Waals surface area contributed by atoms with Gasteiger partial charge in [0.1, 0.15) is 0 Å². The molecule has 1 aliphatic rings. The first-order chi connectivity index (χ1) is 11.2. The Morgan fingerprint density at radius 1 is 1.43 bits per heavy atom. The summed E-state index contributed by atoms with van der Waals surface area (Å²) in [5.41, 5.74) is 1.22. The lowest BCUT2D eigenvalue weighted by molar-refractivity contribution is -0.121. The SMILES string of the molecule is C[C@H](C(=O)Nc1cccc(C#N)c1)N1CCC[C@H]1c1cccs1. The van der Waals surface area contributed by atoms with E-state index in [4.69, 9.17) is 5.26 Å². The van der Waals surface area contributed by atoms with E-state index in [9.17, 15) is 4.79 Å². The topological polar surface area (TPSA) is 56.1 Å². The molecule has 2 heterocycles. The van der Waals surface area contributed by atoms with Crippen LogP contribution in [0.1, 0.15) is 36.2 Å². The molecule has 1 aromatic carbocycles. The third-order valence-corrected chi connectivity index (χ3v) is 5.28. The Morgan fingerprint density at radius 2 is 2.30 bits per heavy atom. The summed E-state index contributed by atoms with van der Waals surface area (Å²) in [6.45, 7) is 2.89. The second-order valence-electron chi connectivity index (χ2n) is 5.77. The number of hydrogen-bond donors (Lipinski definition) is 1. The number of nitrogens with zero attached hydrogens (tertiary/aromatic N) is 2. The molecule has 0 radical (unpaired) electrons. The molecule has 4 nitrogen and oxygen atoms in total. The zero-order valence-electron chi connectivity index (χ0n) is 13.0. The fourth-order valence-electron chi connectivity index (χ4n) is 3.10. The average molecular weight is 325 g/mol. The number of hydrogen-bond acceptors (Lipinski definition) is 4. The van der Waals surface area contributed by atoms with E-state index in [0.29, 0.717) is 17.3 Å². The molecule has 5 heteroatoms. The summed E-state index contributed by atoms with van der Waals surface area (Å²) in [4.78, 5) is 16.2. The molecular formula is C18H19N3OS. The van der Waals surface area contributed by atoms with Crippen molar-refractivity contribution in [3.8, 4) is 6.07 Å². The van der Waals surface area contributed by atoms with E-state index in [1.165, 1.54) is 4.88 Å². The van der Waals surface area contributed by atoms with Gasteiger partial charge in [-0.05, 0) is 56.0 Å². The highest BCUT2D eigenvalue weighted by Crippen LogP contribution is 2.36. The molecule has 0 unspecified atom stereocenters. The summed E-state index contributed by atoms with van der Waals surface area (Å²) in [6.07, 6.45) is 2.21. The molecule has 2 aromatic rings. The van der Waals surface area contributed by atoms with E-state index in [-0.39, 0.29) is 11.9 Å². The molecule has 1 N–H and O–H groups in total. The smallest absolute Gasteiger partial charge is 0.241 e. The van der Waals surface area contributed by atoms with Gasteiger partial charge in [-0.15, -0.1) is 11.3 Å². The molecule has 1 fully saturated rings. The van der Waals surface area contributed by atoms with E-state index in [1.807, 2.05) is 13.0 Å². The molecule has 23 heavy (non-hydrogen) atoms. The summed E-state index contributed by atoms with van der Waals surface area (Å²) in [7, 11) is 0. The third-order valence-electron chi connectivity index (χ3n) is 4.30. The number of thiophene rings is 1. The van der Waals surface area contributed by atoms with Crippen molar-refractivity contribution in [1.82, 2.24) is 4.90 Å². The summed E-state index contributed by atoms with van der Waals surface area (Å²) in [6, 6.07) is 13.5. The van der Waals surface area contributed by atoms with Crippen LogP contribution in [0.2, 0.25) is 0 Å². The molecule has 1 saturated heterocycles. The molecule has 0 saturated carbocycles. The van der Waals surface area contributed by atoms with E-state index < -0.39 is 0 Å². The number of anilines is 1. The molecule has 3 rings (SSSR count). The monoisotopic (exact) mass is 325 g/mol. The largest absolute Gasteiger partial charge is 0.325 e. The van der Waals surface area contributed by atoms with E-state index in [1.54, 1.807) is 29.5 Å². The zero-order chi connectivity index (χ0) is 16.2. The molecule has 0 aliphatic carbocycles. The minimum Gasteiger partial charge on any atom is -0.325 e. The van der Waals surface area contributed by atoms with Gasteiger partial charge >= 0.3 is 0 Å². The van der Waals surface area contributed by atoms with E-state index in [2.05, 4.69) is 33.8 Å². The molecule has 1 aromatic heterocycles. The molecule has 118 valence electrons. The normalized spacial score (nSPS) is 19.2. The van der Waals surface area contributed by atoms with Gasteiger partial charge in [-0.2, -0.15) is 5.26 Å². The van der Waals surface area contributed by atoms with Crippen LogP contribution in [0.25, 0.3) is 0 Å². The van der Waals surface area contributed by atoms with Gasteiger partial charge in [-0.3, -0.25) is 9.69 Å². The number of rotatable bonds is 4. The Hall–Kier alpha value is -2.16. The van der Waals surface area contributed by atoms with Crippen LogP contribution in [-0.4, -0.2) is 23.4 Å². The van der Waals surface area contributed by atoms with Crippen LogP contribution >= 0.6 is 11.3 Å². The average Bonchev–Trinajstić information content (AvgIpc) is 3.25. The summed E-state index contributed by atoms with van der Waals surface area (Å²) < 4.78 is 0. The number of carbonyl (C=O) groups is 1. The Morgan fingerprint density at radius 3 is 3.04 bits per heavy atom. The van der Waals surface area contributed by atoms with E-state index >= 15 is 0 Å². The fourth-order valence-corrected chi connectivity index (χ4v) is 3.98. The quantitative estimate of drug-likeness (QED) is 0.930. The highest BCUT2D eigenvalue weighted by Gasteiger charge is 2.33. The van der Waals surface area contributed by atoms with Crippen LogP contribution < -0.4 is 5.32 Å². The molecule has 2 atom stereocenters. The summed E-state index contributed by atoms with van der Waals surface area (Å²) >= 11 is 1.75. The first kappa shape index (κ1) is 15.7. The molecule has 1 aliphatic heterocycles. The van der Waals surface area contributed by atoms with Gasteiger partial charge < -0.3 is 5.32 Å². The number of nitriles is 1. The van der Waals surface area contributed by atoms with Crippen molar-refractivity contribution >= 4 is 22.9 Å². The van der Waals surface area contributed by atoms with Crippen LogP contribution in [0.3, 0.4) is 0 Å². The van der Waals surface area contributed by atoms with Crippen LogP contribution in [0.15, 0.2) is 41.8 Å². The molecule has 0 bridgehead atoms. The van der Waals surface area contributed by atoms with Crippen molar-refractivity contribution in [3.63, 3.8) is 0 Å². The number of carbonyl (C=O) groups excluding carboxylic acids is 1. The molecular weight excluding hydrogens is 306 g/mol. The number of amides is 1. The van der Waals surface area contributed by atoms with Crippen LogP contribution in [-0.2, 0) is 4.79 Å². The third kappa shape index (κ3) is 3.44. The maximum atomic E-state index is 12.6. The molecule has 0 spiro atoms. The van der Waals surface area contributed by atoms with Crippen molar-refractivity contribution < 1.29 is 4.79 Å². The van der Waals surface area contributed by atoms with Crippen LogP contribution in [0.5, 0.6) is 0 Å². The maximum Gasteiger partial charge on any atom is 0.241 e. The lowest BCUT2D eigenvalue weighted by Gasteiger charge is -2.29. The van der Waals surface area contributed by atoms with Gasteiger partial charge in [0.2, 0.25) is 5.91 Å². The highest BCUT2D eigenvalue weighted by atomic mass is 32.1. The first-order valence-electron chi connectivity index (χ1n) is 7.79. The van der Waals surface area contributed by atoms with Gasteiger partial charge in [-0.25, -0.2) is 0 Å². The van der Waals surface area contributed by atoms with Crippen molar-refractivity contribution in [3.05, 3.63) is 52.2 Å². The Balaban J connectivity index is 1.70. The predicted octanol–water partition coefficient (Wildman–Crippen LogP) is 3.78. The van der Waals surface area contributed by atoms with Gasteiger partial charge in [0, 0.05) is 16.6 Å². The standard InChI is InChI=1S/C18H19N3OS/c1-13(18(22)20-15-6-2-5-14(11-15)12-19)21-9-3-7-16(21)17-8-4-10-23-17/h2,4-6,8,10-11,13,16H,3,7,9H2,1H3,(H,20,22)/t13-,16+/m1/s1. The van der Waals surface area contributed by atoms with Crippen molar-refractivity contribution in [2.45, 2.75) is 31.8 Å². The zero-order valence-corrected chi connectivity index (χ0v) is 13.8. The highest BCUT2D eigenvalue weighted by molar-refractivity contribution is 7.10. The lowest BCUT2D eigenvalue weighted by Crippen LogP contribution is -2.41. The van der Waals surface area contributed by atoms with Crippen molar-refractivity contribution in [2.24, 2.45) is 0 Å². The van der Waals surface area contributed by atoms with Gasteiger partial charge in [0.25, 0.3) is 0 Å². The van der Waals surface area contributed by atoms with Gasteiger partial charge in [0.05, 0.1) is 17.7 Å². The maximum absolute atomic E-state index is 12.6. The number of likely N-dealkylation sites (tertiary alicyclic amines) is 1. The minimum atomic E-state index is -0.199. The Bertz CT molecular complexity index is 720. The summed E-state index contributed by atoms with van der Waals surface area (Å²) in [5, 5.41) is 14.0. The van der Waals surface area contributed by atoms with Gasteiger partial charge in [-0.1, -0.05) is 12.1 Å².